The summed E-state index contributed by atoms with van der Waals surface area (Å²) in [5, 5.41) is 16.6. The molecule has 4 saturated carbocycles. The highest BCUT2D eigenvalue weighted by molar-refractivity contribution is 6.02. The Morgan fingerprint density at radius 2 is 1.50 bits per heavy atom. The van der Waals surface area contributed by atoms with Gasteiger partial charge in [0.1, 0.15) is 12.3 Å². The van der Waals surface area contributed by atoms with Gasteiger partial charge in [0.05, 0.1) is 18.3 Å². The molecule has 58 heavy (non-hydrogen) atoms. The van der Waals surface area contributed by atoms with E-state index in [9.17, 15) is 19.5 Å². The number of imide groups is 1. The Hall–Kier alpha value is -1.89. The highest BCUT2D eigenvalue weighted by atomic mass is 16.5. The van der Waals surface area contributed by atoms with Crippen LogP contribution in [0.4, 0.5) is 0 Å². The van der Waals surface area contributed by atoms with Crippen molar-refractivity contribution in [3.05, 3.63) is 11.1 Å². The first kappa shape index (κ1) is 42.8. The van der Waals surface area contributed by atoms with Gasteiger partial charge in [0.15, 0.2) is 0 Å². The molecular weight excluding hydrogens is 731 g/mol. The van der Waals surface area contributed by atoms with Gasteiger partial charge in [0, 0.05) is 70.8 Å². The number of aliphatic hydroxyl groups is 1. The lowest BCUT2D eigenvalue weighted by atomic mass is 9.68. The van der Waals surface area contributed by atoms with Gasteiger partial charge in [-0.25, -0.2) is 0 Å². The minimum Gasteiger partial charge on any atom is -0.393 e. The van der Waals surface area contributed by atoms with E-state index in [1.54, 1.807) is 4.90 Å². The predicted octanol–water partition coefficient (Wildman–Crippen LogP) is 5.93. The Kier molecular flexibility index (Phi) is 15.0. The summed E-state index contributed by atoms with van der Waals surface area (Å²) < 4.78 is 13.2. The summed E-state index contributed by atoms with van der Waals surface area (Å²) in [6, 6.07) is 0.0976. The number of piperazine rings is 1. The molecule has 0 bridgehead atoms. The van der Waals surface area contributed by atoms with E-state index >= 15 is 0 Å². The first-order valence-corrected chi connectivity index (χ1v) is 24.3. The molecule has 326 valence electrons. The van der Waals surface area contributed by atoms with Crippen molar-refractivity contribution in [1.82, 2.24) is 25.3 Å². The minimum absolute atomic E-state index is 0.00529. The van der Waals surface area contributed by atoms with Crippen LogP contribution in [0.25, 0.3) is 0 Å². The van der Waals surface area contributed by atoms with Gasteiger partial charge in [-0.1, -0.05) is 37.3 Å². The number of ether oxygens (including phenoxy) is 2. The summed E-state index contributed by atoms with van der Waals surface area (Å²) in [5.41, 5.74) is 3.69. The van der Waals surface area contributed by atoms with Crippen LogP contribution >= 0.6 is 0 Å². The van der Waals surface area contributed by atoms with Crippen LogP contribution in [-0.2, 0) is 23.9 Å². The monoisotopic (exact) mass is 808 g/mol. The van der Waals surface area contributed by atoms with Gasteiger partial charge in [-0.05, 0) is 139 Å². The van der Waals surface area contributed by atoms with Crippen molar-refractivity contribution in [2.75, 3.05) is 52.4 Å². The molecule has 0 aromatic heterocycles. The van der Waals surface area contributed by atoms with Crippen molar-refractivity contribution < 1.29 is 29.0 Å². The number of fused-ring (bicyclic) bond motifs is 1. The number of piperidine rings is 2. The summed E-state index contributed by atoms with van der Waals surface area (Å²) >= 11 is 0. The molecule has 3 N–H and O–H groups in total. The van der Waals surface area contributed by atoms with E-state index in [1.807, 2.05) is 11.1 Å². The van der Waals surface area contributed by atoms with Crippen LogP contribution in [0.5, 0.6) is 0 Å². The highest BCUT2D eigenvalue weighted by Crippen LogP contribution is 2.46. The molecule has 8 fully saturated rings. The smallest absolute Gasteiger partial charge is 0.249 e. The van der Waals surface area contributed by atoms with Crippen LogP contribution in [0.15, 0.2) is 11.1 Å². The summed E-state index contributed by atoms with van der Waals surface area (Å²) in [7, 11) is 0. The van der Waals surface area contributed by atoms with E-state index < -0.39 is 6.04 Å². The maximum Gasteiger partial charge on any atom is 0.249 e. The number of rotatable bonds is 13. The number of carbonyl (C=O) groups is 3. The molecule has 0 radical (unpaired) electrons. The Labute approximate surface area is 349 Å². The van der Waals surface area contributed by atoms with Crippen LogP contribution < -0.4 is 10.6 Å². The summed E-state index contributed by atoms with van der Waals surface area (Å²) in [6.07, 6.45) is 24.9. The van der Waals surface area contributed by atoms with Gasteiger partial charge in [0.2, 0.25) is 17.7 Å². The second-order valence-electron chi connectivity index (χ2n) is 19.8. The molecule has 0 aromatic carbocycles. The Bertz CT molecular complexity index is 1400. The van der Waals surface area contributed by atoms with E-state index in [0.29, 0.717) is 37.5 Å². The van der Waals surface area contributed by atoms with Gasteiger partial charge in [-0.3, -0.25) is 29.9 Å². The first-order valence-electron chi connectivity index (χ1n) is 24.3. The quantitative estimate of drug-likeness (QED) is 0.118. The van der Waals surface area contributed by atoms with Gasteiger partial charge < -0.3 is 24.4 Å². The standard InChI is InChI=1S/C47H77N5O6/c1-2-40(32-7-4-3-5-8-32)45(33-9-14-37(53)15-10-33)34-11-16-38(17-12-34)58-44-22-13-36(30-48-44)51-26-24-50(25-27-51)23-6-28-57-39-18-19-41-35(29-39)31-52(47(41)56)42-20-21-43(54)49-46(42)55/h32-39,41-42,44,48,53H,2-31H2,1H3,(H,49,54,55)/b45-40-. The Morgan fingerprint density at radius 3 is 2.19 bits per heavy atom. The zero-order chi connectivity index (χ0) is 40.0. The fraction of sp³-hybridized carbons (Fsp3) is 0.894. The van der Waals surface area contributed by atoms with E-state index in [-0.39, 0.29) is 48.0 Å². The predicted molar refractivity (Wildman–Crippen MR) is 225 cm³/mol. The van der Waals surface area contributed by atoms with E-state index in [1.165, 1.54) is 83.5 Å². The molecule has 8 rings (SSSR count). The SMILES string of the molecule is CC/C(=C(\C1CCC(O)CC1)C1CCC(OC2CCC(N3CCN(CCCOC4CCC5C(=O)N(C6CCC(=O)NC6=O)CC5C4)CC3)CN2)CC1)C1CCCCC1. The fourth-order valence-corrected chi connectivity index (χ4v) is 13.0. The van der Waals surface area contributed by atoms with Gasteiger partial charge in [-0.15, -0.1) is 0 Å². The number of nitrogens with one attached hydrogen (secondary N) is 2. The van der Waals surface area contributed by atoms with Crippen molar-refractivity contribution in [3.8, 4) is 0 Å². The highest BCUT2D eigenvalue weighted by Gasteiger charge is 2.48. The molecule has 11 nitrogen and oxygen atoms in total. The van der Waals surface area contributed by atoms with E-state index in [4.69, 9.17) is 9.47 Å². The zero-order valence-corrected chi connectivity index (χ0v) is 35.9. The largest absolute Gasteiger partial charge is 0.393 e. The molecule has 4 heterocycles. The van der Waals surface area contributed by atoms with Crippen molar-refractivity contribution in [1.29, 1.82) is 0 Å². The van der Waals surface area contributed by atoms with Crippen molar-refractivity contribution in [2.24, 2.45) is 29.6 Å². The summed E-state index contributed by atoms with van der Waals surface area (Å²) in [4.78, 5) is 44.2. The molecule has 11 heteroatoms. The molecular formula is C47H77N5O6. The maximum absolute atomic E-state index is 13.1. The normalized spacial score (nSPS) is 38.0. The Morgan fingerprint density at radius 1 is 0.776 bits per heavy atom. The van der Waals surface area contributed by atoms with Crippen LogP contribution in [0.1, 0.15) is 148 Å². The average Bonchev–Trinajstić information content (AvgIpc) is 3.57. The first-order chi connectivity index (χ1) is 28.3. The van der Waals surface area contributed by atoms with Gasteiger partial charge in [0.25, 0.3) is 0 Å². The fourth-order valence-electron chi connectivity index (χ4n) is 13.0. The summed E-state index contributed by atoms with van der Waals surface area (Å²) in [6.45, 7) is 10.4. The van der Waals surface area contributed by atoms with Crippen LogP contribution in [0.3, 0.4) is 0 Å². The second kappa shape index (κ2) is 20.3. The summed E-state index contributed by atoms with van der Waals surface area (Å²) in [5.74, 6) is 2.00. The topological polar surface area (TPSA) is 124 Å². The molecule has 6 unspecified atom stereocenters. The lowest BCUT2D eigenvalue weighted by Crippen LogP contribution is -2.56. The minimum atomic E-state index is -0.498. The number of hydrogen-bond donors (Lipinski definition) is 3. The molecule has 4 aliphatic carbocycles. The molecule has 0 spiro atoms. The molecule has 4 aliphatic heterocycles. The van der Waals surface area contributed by atoms with E-state index in [2.05, 4.69) is 27.4 Å². The Balaban J connectivity index is 0.704. The van der Waals surface area contributed by atoms with Crippen LogP contribution in [-0.4, -0.2) is 127 Å². The van der Waals surface area contributed by atoms with Crippen molar-refractivity contribution in [3.63, 3.8) is 0 Å². The number of nitrogens with zero attached hydrogens (tertiary/aromatic N) is 3. The van der Waals surface area contributed by atoms with Crippen LogP contribution in [0, 0.1) is 29.6 Å². The third-order valence-corrected chi connectivity index (χ3v) is 16.2. The molecule has 6 atom stereocenters. The number of likely N-dealkylation sites (tertiary alicyclic amines) is 1. The molecule has 8 aliphatic rings. The third kappa shape index (κ3) is 10.4. The number of allylic oxidation sites excluding steroid dienone is 2. The molecule has 3 amide bonds. The van der Waals surface area contributed by atoms with Crippen LogP contribution in [0.2, 0.25) is 0 Å². The van der Waals surface area contributed by atoms with Crippen molar-refractivity contribution >= 4 is 17.7 Å². The third-order valence-electron chi connectivity index (χ3n) is 16.2. The number of amides is 3. The number of hydrogen-bond acceptors (Lipinski definition) is 9. The maximum atomic E-state index is 13.1. The number of carbonyl (C=O) groups excluding carboxylic acids is 3. The zero-order valence-electron chi connectivity index (χ0n) is 35.9. The molecule has 0 aromatic rings. The van der Waals surface area contributed by atoms with Crippen molar-refractivity contribution in [2.45, 2.75) is 185 Å². The lowest BCUT2D eigenvalue weighted by Gasteiger charge is -2.43. The van der Waals surface area contributed by atoms with Gasteiger partial charge in [-0.2, -0.15) is 0 Å². The average molecular weight is 808 g/mol. The van der Waals surface area contributed by atoms with Gasteiger partial charge >= 0.3 is 0 Å². The number of aliphatic hydroxyl groups excluding tert-OH is 1. The lowest BCUT2D eigenvalue weighted by molar-refractivity contribution is -0.145. The molecule has 4 saturated heterocycles. The second-order valence-corrected chi connectivity index (χ2v) is 19.8. The van der Waals surface area contributed by atoms with E-state index in [0.717, 1.165) is 103 Å².